The molecule has 0 amide bonds. The number of rotatable bonds is 3. The summed E-state index contributed by atoms with van der Waals surface area (Å²) in [6.45, 7) is 1.96. The molecule has 0 aliphatic rings. The molecule has 4 rings (SSSR count). The highest BCUT2D eigenvalue weighted by atomic mass is 16.1. The van der Waals surface area contributed by atoms with Gasteiger partial charge in [0.05, 0.1) is 5.56 Å². The Morgan fingerprint density at radius 2 is 0.923 bits per heavy atom. The lowest BCUT2D eigenvalue weighted by Crippen LogP contribution is -2.14. The fraction of sp³-hybridized carbons (Fsp3) is 0.0417. The minimum Gasteiger partial charge on any atom is -0.325 e. The molecule has 1 N–H and O–H groups in total. The van der Waals surface area contributed by atoms with Gasteiger partial charge in [-0.3, -0.25) is 4.79 Å². The molecule has 3 aromatic carbocycles. The van der Waals surface area contributed by atoms with Gasteiger partial charge in [0.1, 0.15) is 0 Å². The average molecular weight is 337 g/mol. The van der Waals surface area contributed by atoms with Gasteiger partial charge >= 0.3 is 0 Å². The van der Waals surface area contributed by atoms with Crippen molar-refractivity contribution >= 4 is 0 Å². The largest absolute Gasteiger partial charge is 0.325 e. The van der Waals surface area contributed by atoms with Gasteiger partial charge in [0, 0.05) is 16.8 Å². The zero-order valence-corrected chi connectivity index (χ0v) is 14.6. The van der Waals surface area contributed by atoms with Gasteiger partial charge in [-0.2, -0.15) is 0 Å². The number of aryl methyl sites for hydroxylation is 1. The first-order valence-electron chi connectivity index (χ1n) is 8.69. The number of H-pyrrole nitrogens is 1. The van der Waals surface area contributed by atoms with E-state index in [1.807, 2.05) is 73.7 Å². The van der Waals surface area contributed by atoms with E-state index in [0.29, 0.717) is 5.56 Å². The Kier molecular flexibility index (Phi) is 4.24. The Morgan fingerprint density at radius 1 is 0.538 bits per heavy atom. The van der Waals surface area contributed by atoms with E-state index in [0.717, 1.165) is 33.5 Å². The minimum absolute atomic E-state index is 0.0627. The molecule has 126 valence electrons. The predicted octanol–water partition coefficient (Wildman–Crippen LogP) is 5.68. The first-order chi connectivity index (χ1) is 12.8. The zero-order chi connectivity index (χ0) is 17.9. The first-order valence-corrected chi connectivity index (χ1v) is 8.69. The Bertz CT molecular complexity index is 1080. The second-order valence-corrected chi connectivity index (χ2v) is 6.30. The molecular weight excluding hydrogens is 318 g/mol. The number of pyridine rings is 1. The molecule has 0 saturated carbocycles. The fourth-order valence-electron chi connectivity index (χ4n) is 3.46. The van der Waals surface area contributed by atoms with E-state index in [2.05, 4.69) is 29.2 Å². The van der Waals surface area contributed by atoms with Crippen LogP contribution in [0.5, 0.6) is 0 Å². The van der Waals surface area contributed by atoms with Crippen molar-refractivity contribution in [2.75, 3.05) is 0 Å². The van der Waals surface area contributed by atoms with Gasteiger partial charge in [0.25, 0.3) is 5.56 Å². The van der Waals surface area contributed by atoms with Crippen molar-refractivity contribution in [3.05, 3.63) is 107 Å². The lowest BCUT2D eigenvalue weighted by atomic mass is 9.88. The second-order valence-electron chi connectivity index (χ2n) is 6.30. The molecule has 0 bridgehead atoms. The van der Waals surface area contributed by atoms with Crippen LogP contribution in [-0.4, -0.2) is 4.98 Å². The molecule has 4 aromatic rings. The van der Waals surface area contributed by atoms with Crippen molar-refractivity contribution in [1.82, 2.24) is 4.98 Å². The summed E-state index contributed by atoms with van der Waals surface area (Å²) in [6.07, 6.45) is 0. The molecule has 0 atom stereocenters. The molecular formula is C24H19NO. The lowest BCUT2D eigenvalue weighted by Gasteiger charge is -2.18. The third-order valence-corrected chi connectivity index (χ3v) is 4.59. The van der Waals surface area contributed by atoms with Crippen LogP contribution in [0.2, 0.25) is 0 Å². The third kappa shape index (κ3) is 2.86. The number of benzene rings is 3. The van der Waals surface area contributed by atoms with Crippen LogP contribution in [0.4, 0.5) is 0 Å². The predicted molar refractivity (Wildman–Crippen MR) is 108 cm³/mol. The molecule has 0 aliphatic carbocycles. The maximum atomic E-state index is 13.0. The van der Waals surface area contributed by atoms with Gasteiger partial charge < -0.3 is 4.98 Å². The minimum atomic E-state index is -0.0627. The summed E-state index contributed by atoms with van der Waals surface area (Å²) in [4.78, 5) is 16.0. The van der Waals surface area contributed by atoms with Crippen LogP contribution in [0, 0.1) is 6.92 Å². The van der Waals surface area contributed by atoms with Crippen molar-refractivity contribution in [2.24, 2.45) is 0 Å². The van der Waals surface area contributed by atoms with Gasteiger partial charge in [0.15, 0.2) is 0 Å². The van der Waals surface area contributed by atoms with Gasteiger partial charge in [-0.1, -0.05) is 91.0 Å². The van der Waals surface area contributed by atoms with Crippen LogP contribution in [0.3, 0.4) is 0 Å². The molecule has 2 nitrogen and oxygen atoms in total. The Balaban J connectivity index is 2.15. The van der Waals surface area contributed by atoms with E-state index in [1.165, 1.54) is 0 Å². The Hall–Kier alpha value is -3.39. The van der Waals surface area contributed by atoms with Gasteiger partial charge in [0.2, 0.25) is 0 Å². The van der Waals surface area contributed by atoms with Gasteiger partial charge in [-0.25, -0.2) is 0 Å². The van der Waals surface area contributed by atoms with Crippen LogP contribution < -0.4 is 5.56 Å². The van der Waals surface area contributed by atoms with Crippen LogP contribution in [0.1, 0.15) is 5.69 Å². The zero-order valence-electron chi connectivity index (χ0n) is 14.6. The molecule has 0 saturated heterocycles. The van der Waals surface area contributed by atoms with Crippen molar-refractivity contribution < 1.29 is 0 Å². The highest BCUT2D eigenvalue weighted by molar-refractivity contribution is 5.94. The molecule has 2 heteroatoms. The Labute approximate surface area is 152 Å². The molecule has 26 heavy (non-hydrogen) atoms. The molecule has 0 unspecified atom stereocenters. The standard InChI is InChI=1S/C24H19NO/c1-17-21(18-11-5-2-6-12-18)22(19-13-7-3-8-14-19)23(24(26)25-17)20-15-9-4-10-16-20/h2-16H,1H3,(H,25,26). The van der Waals surface area contributed by atoms with Crippen LogP contribution in [-0.2, 0) is 0 Å². The SMILES string of the molecule is Cc1[nH]c(=O)c(-c2ccccc2)c(-c2ccccc2)c1-c1ccccc1. The van der Waals surface area contributed by atoms with E-state index in [1.54, 1.807) is 0 Å². The van der Waals surface area contributed by atoms with Crippen LogP contribution in [0.15, 0.2) is 95.8 Å². The monoisotopic (exact) mass is 337 g/mol. The quantitative estimate of drug-likeness (QED) is 0.512. The van der Waals surface area contributed by atoms with Crippen molar-refractivity contribution in [3.8, 4) is 33.4 Å². The molecule has 0 aliphatic heterocycles. The second kappa shape index (κ2) is 6.85. The van der Waals surface area contributed by atoms with Crippen molar-refractivity contribution in [3.63, 3.8) is 0 Å². The highest BCUT2D eigenvalue weighted by Gasteiger charge is 2.19. The topological polar surface area (TPSA) is 32.9 Å². The summed E-state index contributed by atoms with van der Waals surface area (Å²) >= 11 is 0. The first kappa shape index (κ1) is 16.1. The summed E-state index contributed by atoms with van der Waals surface area (Å²) in [6, 6.07) is 30.2. The van der Waals surface area contributed by atoms with Crippen molar-refractivity contribution in [2.45, 2.75) is 6.92 Å². The summed E-state index contributed by atoms with van der Waals surface area (Å²) in [7, 11) is 0. The number of aromatic nitrogens is 1. The average Bonchev–Trinajstić information content (AvgIpc) is 2.69. The number of hydrogen-bond acceptors (Lipinski definition) is 1. The van der Waals surface area contributed by atoms with E-state index >= 15 is 0 Å². The molecule has 0 spiro atoms. The summed E-state index contributed by atoms with van der Waals surface area (Å²) in [5.41, 5.74) is 6.62. The van der Waals surface area contributed by atoms with Crippen molar-refractivity contribution in [1.29, 1.82) is 0 Å². The van der Waals surface area contributed by atoms with E-state index in [9.17, 15) is 4.79 Å². The molecule has 1 heterocycles. The smallest absolute Gasteiger partial charge is 0.256 e. The summed E-state index contributed by atoms with van der Waals surface area (Å²) in [5.74, 6) is 0. The van der Waals surface area contributed by atoms with E-state index in [4.69, 9.17) is 0 Å². The lowest BCUT2D eigenvalue weighted by molar-refractivity contribution is 1.15. The maximum absolute atomic E-state index is 13.0. The highest BCUT2D eigenvalue weighted by Crippen LogP contribution is 2.39. The number of aromatic amines is 1. The van der Waals surface area contributed by atoms with E-state index < -0.39 is 0 Å². The summed E-state index contributed by atoms with van der Waals surface area (Å²) < 4.78 is 0. The third-order valence-electron chi connectivity index (χ3n) is 4.59. The normalized spacial score (nSPS) is 10.7. The van der Waals surface area contributed by atoms with Gasteiger partial charge in [-0.15, -0.1) is 0 Å². The molecule has 0 radical (unpaired) electrons. The maximum Gasteiger partial charge on any atom is 0.256 e. The Morgan fingerprint density at radius 3 is 1.38 bits per heavy atom. The number of nitrogens with one attached hydrogen (secondary N) is 1. The van der Waals surface area contributed by atoms with E-state index in [-0.39, 0.29) is 5.56 Å². The van der Waals surface area contributed by atoms with Crippen LogP contribution >= 0.6 is 0 Å². The molecule has 1 aromatic heterocycles. The summed E-state index contributed by atoms with van der Waals surface area (Å²) in [5, 5.41) is 0. The molecule has 0 fully saturated rings. The van der Waals surface area contributed by atoms with Crippen LogP contribution in [0.25, 0.3) is 33.4 Å². The fourth-order valence-corrected chi connectivity index (χ4v) is 3.46. The number of hydrogen-bond donors (Lipinski definition) is 1. The van der Waals surface area contributed by atoms with Gasteiger partial charge in [-0.05, 0) is 23.6 Å².